The molecule has 1 aliphatic rings. The van der Waals surface area contributed by atoms with Gasteiger partial charge in [0.25, 0.3) is 0 Å². The zero-order chi connectivity index (χ0) is 16.0. The topological polar surface area (TPSA) is 67.9 Å². The molecule has 1 aliphatic heterocycles. The van der Waals surface area contributed by atoms with Crippen LogP contribution in [0.4, 0.5) is 0 Å². The summed E-state index contributed by atoms with van der Waals surface area (Å²) < 4.78 is 37.5. The number of hydrogen-bond donors (Lipinski definition) is 1. The molecule has 2 rings (SSSR count). The Balaban J connectivity index is 1.97. The Hall–Kier alpha value is -1.31. The zero-order valence-electron chi connectivity index (χ0n) is 13.2. The standard InChI is InChI=1S/C15H24N2O4S/c1-20-14-7-6-13(12-15(14)21-2)22(18,19)16-8-11-17-9-4-3-5-10-17/h6-7,12,16H,3-5,8-11H2,1-2H3. The summed E-state index contributed by atoms with van der Waals surface area (Å²) in [4.78, 5) is 2.48. The molecule has 1 saturated heterocycles. The second kappa shape index (κ2) is 7.80. The molecule has 1 heterocycles. The average molecular weight is 328 g/mol. The van der Waals surface area contributed by atoms with Crippen molar-refractivity contribution in [2.45, 2.75) is 24.2 Å². The normalized spacial score (nSPS) is 16.5. The van der Waals surface area contributed by atoms with Crippen LogP contribution in [-0.2, 0) is 10.0 Å². The van der Waals surface area contributed by atoms with E-state index in [4.69, 9.17) is 9.47 Å². The molecule has 1 aromatic carbocycles. The van der Waals surface area contributed by atoms with Crippen molar-refractivity contribution >= 4 is 10.0 Å². The number of sulfonamides is 1. The summed E-state index contributed by atoms with van der Waals surface area (Å²) in [5.74, 6) is 0.913. The van der Waals surface area contributed by atoms with Gasteiger partial charge < -0.3 is 14.4 Å². The van der Waals surface area contributed by atoms with E-state index in [0.717, 1.165) is 19.6 Å². The van der Waals surface area contributed by atoms with Crippen molar-refractivity contribution in [2.24, 2.45) is 0 Å². The highest BCUT2D eigenvalue weighted by Crippen LogP contribution is 2.29. The van der Waals surface area contributed by atoms with Crippen molar-refractivity contribution in [2.75, 3.05) is 40.4 Å². The second-order valence-corrected chi connectivity index (χ2v) is 7.08. The van der Waals surface area contributed by atoms with Crippen molar-refractivity contribution in [3.8, 4) is 11.5 Å². The maximum Gasteiger partial charge on any atom is 0.240 e. The fourth-order valence-corrected chi connectivity index (χ4v) is 3.62. The molecule has 0 amide bonds. The third-order valence-electron chi connectivity index (χ3n) is 3.83. The molecule has 7 heteroatoms. The minimum Gasteiger partial charge on any atom is -0.493 e. The van der Waals surface area contributed by atoms with Gasteiger partial charge in [0.05, 0.1) is 19.1 Å². The molecule has 0 spiro atoms. The van der Waals surface area contributed by atoms with Crippen LogP contribution in [0.5, 0.6) is 11.5 Å². The number of ether oxygens (including phenoxy) is 2. The zero-order valence-corrected chi connectivity index (χ0v) is 14.0. The van der Waals surface area contributed by atoms with Gasteiger partial charge in [-0.25, -0.2) is 13.1 Å². The molecule has 0 aromatic heterocycles. The fourth-order valence-electron chi connectivity index (χ4n) is 2.59. The summed E-state index contributed by atoms with van der Waals surface area (Å²) in [5, 5.41) is 0. The maximum absolute atomic E-state index is 12.3. The van der Waals surface area contributed by atoms with Crippen LogP contribution in [0, 0.1) is 0 Å². The Morgan fingerprint density at radius 3 is 2.41 bits per heavy atom. The van der Waals surface area contributed by atoms with E-state index >= 15 is 0 Å². The molecule has 0 aliphatic carbocycles. The lowest BCUT2D eigenvalue weighted by Crippen LogP contribution is -2.37. The third kappa shape index (κ3) is 4.34. The second-order valence-electron chi connectivity index (χ2n) is 5.32. The van der Waals surface area contributed by atoms with Crippen molar-refractivity contribution in [1.29, 1.82) is 0 Å². The number of likely N-dealkylation sites (tertiary alicyclic amines) is 1. The van der Waals surface area contributed by atoms with Gasteiger partial charge in [0, 0.05) is 19.2 Å². The number of benzene rings is 1. The first kappa shape index (κ1) is 17.1. The van der Waals surface area contributed by atoms with Crippen LogP contribution < -0.4 is 14.2 Å². The molecule has 0 bridgehead atoms. The SMILES string of the molecule is COc1ccc(S(=O)(=O)NCCN2CCCCC2)cc1OC. The fraction of sp³-hybridized carbons (Fsp3) is 0.600. The predicted octanol–water partition coefficient (Wildman–Crippen LogP) is 1.47. The van der Waals surface area contributed by atoms with Crippen LogP contribution in [0.3, 0.4) is 0 Å². The Morgan fingerprint density at radius 1 is 1.09 bits per heavy atom. The Morgan fingerprint density at radius 2 is 1.77 bits per heavy atom. The molecule has 124 valence electrons. The van der Waals surface area contributed by atoms with Gasteiger partial charge in [0.1, 0.15) is 0 Å². The van der Waals surface area contributed by atoms with E-state index in [1.54, 1.807) is 6.07 Å². The minimum atomic E-state index is -3.53. The number of nitrogens with one attached hydrogen (secondary N) is 1. The first-order chi connectivity index (χ1) is 10.6. The summed E-state index contributed by atoms with van der Waals surface area (Å²) in [7, 11) is -0.530. The number of methoxy groups -OCH3 is 2. The number of nitrogens with zero attached hydrogens (tertiary/aromatic N) is 1. The van der Waals surface area contributed by atoms with Crippen LogP contribution in [-0.4, -0.2) is 53.7 Å². The molecule has 0 unspecified atom stereocenters. The van der Waals surface area contributed by atoms with E-state index in [1.807, 2.05) is 0 Å². The van der Waals surface area contributed by atoms with E-state index < -0.39 is 10.0 Å². The quantitative estimate of drug-likeness (QED) is 0.821. The maximum atomic E-state index is 12.3. The average Bonchev–Trinajstić information content (AvgIpc) is 2.55. The lowest BCUT2D eigenvalue weighted by molar-refractivity contribution is 0.233. The molecule has 1 aromatic rings. The van der Waals surface area contributed by atoms with E-state index in [2.05, 4.69) is 9.62 Å². The van der Waals surface area contributed by atoms with Gasteiger partial charge in [-0.2, -0.15) is 0 Å². The lowest BCUT2D eigenvalue weighted by Gasteiger charge is -2.26. The summed E-state index contributed by atoms with van der Waals surface area (Å²) in [6, 6.07) is 4.59. The van der Waals surface area contributed by atoms with Gasteiger partial charge in [-0.3, -0.25) is 0 Å². The van der Waals surface area contributed by atoms with Crippen LogP contribution in [0.2, 0.25) is 0 Å². The molecule has 0 atom stereocenters. The van der Waals surface area contributed by atoms with Gasteiger partial charge in [-0.05, 0) is 38.1 Å². The first-order valence-corrected chi connectivity index (χ1v) is 8.99. The van der Waals surface area contributed by atoms with Gasteiger partial charge in [0.15, 0.2) is 11.5 Å². The highest BCUT2D eigenvalue weighted by Gasteiger charge is 2.17. The van der Waals surface area contributed by atoms with Crippen molar-refractivity contribution in [1.82, 2.24) is 9.62 Å². The van der Waals surface area contributed by atoms with Gasteiger partial charge in [-0.1, -0.05) is 6.42 Å². The summed E-state index contributed by atoms with van der Waals surface area (Å²) >= 11 is 0. The molecule has 1 N–H and O–H groups in total. The van der Waals surface area contributed by atoms with E-state index in [-0.39, 0.29) is 4.90 Å². The smallest absolute Gasteiger partial charge is 0.240 e. The van der Waals surface area contributed by atoms with E-state index in [1.165, 1.54) is 45.6 Å². The summed E-state index contributed by atoms with van der Waals surface area (Å²) in [6.45, 7) is 3.26. The van der Waals surface area contributed by atoms with Gasteiger partial charge in [-0.15, -0.1) is 0 Å². The van der Waals surface area contributed by atoms with Crippen molar-refractivity contribution in [3.05, 3.63) is 18.2 Å². The number of rotatable bonds is 7. The number of piperidine rings is 1. The van der Waals surface area contributed by atoms with Gasteiger partial charge in [0.2, 0.25) is 10.0 Å². The molecule has 22 heavy (non-hydrogen) atoms. The van der Waals surface area contributed by atoms with E-state index in [0.29, 0.717) is 18.0 Å². The highest BCUT2D eigenvalue weighted by molar-refractivity contribution is 7.89. The predicted molar refractivity (Wildman–Crippen MR) is 85.0 cm³/mol. The Kier molecular flexibility index (Phi) is 6.05. The Labute approximate surface area is 132 Å². The minimum absolute atomic E-state index is 0.184. The van der Waals surface area contributed by atoms with Crippen LogP contribution in [0.1, 0.15) is 19.3 Å². The molecule has 0 radical (unpaired) electrons. The molecule has 6 nitrogen and oxygen atoms in total. The monoisotopic (exact) mass is 328 g/mol. The third-order valence-corrected chi connectivity index (χ3v) is 5.29. The molecule has 0 saturated carbocycles. The van der Waals surface area contributed by atoms with Crippen molar-refractivity contribution < 1.29 is 17.9 Å². The molecular formula is C15H24N2O4S. The van der Waals surface area contributed by atoms with Crippen molar-refractivity contribution in [3.63, 3.8) is 0 Å². The summed E-state index contributed by atoms with van der Waals surface area (Å²) in [5.41, 5.74) is 0. The van der Waals surface area contributed by atoms with E-state index in [9.17, 15) is 8.42 Å². The van der Waals surface area contributed by atoms with Gasteiger partial charge >= 0.3 is 0 Å². The molecule has 1 fully saturated rings. The van der Waals surface area contributed by atoms with Crippen LogP contribution in [0.25, 0.3) is 0 Å². The number of hydrogen-bond acceptors (Lipinski definition) is 5. The molecular weight excluding hydrogens is 304 g/mol. The largest absolute Gasteiger partial charge is 0.493 e. The highest BCUT2D eigenvalue weighted by atomic mass is 32.2. The summed E-state index contributed by atoms with van der Waals surface area (Å²) in [6.07, 6.45) is 3.67. The Bertz CT molecular complexity index is 583. The van der Waals surface area contributed by atoms with Crippen LogP contribution in [0.15, 0.2) is 23.1 Å². The first-order valence-electron chi connectivity index (χ1n) is 7.51. The van der Waals surface area contributed by atoms with Crippen LogP contribution >= 0.6 is 0 Å². The lowest BCUT2D eigenvalue weighted by atomic mass is 10.1.